The maximum absolute atomic E-state index is 12.7. The summed E-state index contributed by atoms with van der Waals surface area (Å²) in [5, 5.41) is 0. The van der Waals surface area contributed by atoms with Crippen LogP contribution in [0, 0.1) is 35.5 Å². The molecule has 0 spiro atoms. The van der Waals surface area contributed by atoms with Gasteiger partial charge in [-0.15, -0.1) is 0 Å². The van der Waals surface area contributed by atoms with E-state index in [9.17, 15) is 9.59 Å². The molecule has 2 saturated heterocycles. The number of hydrogen-bond donors (Lipinski definition) is 0. The van der Waals surface area contributed by atoms with Crippen LogP contribution in [0.3, 0.4) is 0 Å². The molecule has 8 rings (SSSR count). The second-order valence-electron chi connectivity index (χ2n) is 14.1. The number of nitrogens with zero attached hydrogens (tertiary/aromatic N) is 4. The Labute approximate surface area is 296 Å². The molecule has 6 atom stereocenters. The Morgan fingerprint density at radius 1 is 0.500 bits per heavy atom. The van der Waals surface area contributed by atoms with Gasteiger partial charge >= 0.3 is 0 Å². The lowest BCUT2D eigenvalue weighted by atomic mass is 9.78. The van der Waals surface area contributed by atoms with Crippen LogP contribution in [0.25, 0.3) is 0 Å². The van der Waals surface area contributed by atoms with Crippen LogP contribution < -0.4 is 0 Å². The van der Waals surface area contributed by atoms with Crippen molar-refractivity contribution in [1.82, 2.24) is 19.8 Å². The number of fused-ring (bicyclic) bond motifs is 2. The maximum Gasteiger partial charge on any atom is 0.232 e. The smallest absolute Gasteiger partial charge is 0.232 e. The van der Waals surface area contributed by atoms with E-state index in [0.29, 0.717) is 23.9 Å². The highest BCUT2D eigenvalue weighted by Gasteiger charge is 2.49. The van der Waals surface area contributed by atoms with Crippen molar-refractivity contribution in [3.8, 4) is 23.7 Å². The largest absolute Gasteiger partial charge is 0.342 e. The van der Waals surface area contributed by atoms with Crippen molar-refractivity contribution in [2.24, 2.45) is 11.8 Å². The van der Waals surface area contributed by atoms with Gasteiger partial charge in [0.25, 0.3) is 0 Å². The lowest BCUT2D eigenvalue weighted by molar-refractivity contribution is -0.129. The van der Waals surface area contributed by atoms with Crippen LogP contribution >= 0.6 is 0 Å². The first kappa shape index (κ1) is 33.3. The van der Waals surface area contributed by atoms with E-state index >= 15 is 0 Å². The van der Waals surface area contributed by atoms with Crippen LogP contribution in [0.4, 0.5) is 0 Å². The van der Waals surface area contributed by atoms with Gasteiger partial charge in [-0.1, -0.05) is 85.8 Å². The van der Waals surface area contributed by atoms with Crippen LogP contribution in [0.15, 0.2) is 97.3 Å². The van der Waals surface area contributed by atoms with Crippen molar-refractivity contribution in [2.75, 3.05) is 14.1 Å². The van der Waals surface area contributed by atoms with E-state index in [-0.39, 0.29) is 23.7 Å². The molecule has 4 aromatic rings. The summed E-state index contributed by atoms with van der Waals surface area (Å²) in [7, 11) is 3.90. The molecule has 50 heavy (non-hydrogen) atoms. The molecular weight excluding hydrogens is 617 g/mol. The van der Waals surface area contributed by atoms with Crippen molar-refractivity contribution in [3.05, 3.63) is 131 Å². The molecule has 0 N–H and O–H groups in total. The van der Waals surface area contributed by atoms with Crippen molar-refractivity contribution in [3.63, 3.8) is 0 Å². The molecule has 2 aromatic heterocycles. The number of benzene rings is 2. The summed E-state index contributed by atoms with van der Waals surface area (Å²) in [6.07, 6.45) is 13.0. The molecule has 6 heteroatoms. The van der Waals surface area contributed by atoms with Gasteiger partial charge < -0.3 is 9.80 Å². The van der Waals surface area contributed by atoms with Gasteiger partial charge in [0.05, 0.1) is 23.2 Å². The molecule has 4 aliphatic rings. The van der Waals surface area contributed by atoms with E-state index in [1.165, 1.54) is 25.7 Å². The summed E-state index contributed by atoms with van der Waals surface area (Å²) in [6, 6.07) is 28.6. The summed E-state index contributed by atoms with van der Waals surface area (Å²) in [4.78, 5) is 38.6. The van der Waals surface area contributed by atoms with Crippen LogP contribution in [-0.2, 0) is 9.59 Å². The fraction of sp³-hybridized carbons (Fsp3) is 0.364. The summed E-state index contributed by atoms with van der Waals surface area (Å²) in [5.41, 5.74) is 5.54. The molecule has 0 unspecified atom stereocenters. The van der Waals surface area contributed by atoms with Gasteiger partial charge in [-0.3, -0.25) is 19.6 Å². The number of likely N-dealkylation sites (N-methyl/N-ethyl adjacent to an activating group) is 2. The zero-order valence-electron chi connectivity index (χ0n) is 29.0. The van der Waals surface area contributed by atoms with E-state index in [2.05, 4.69) is 33.6 Å². The second-order valence-corrected chi connectivity index (χ2v) is 14.1. The summed E-state index contributed by atoms with van der Waals surface area (Å²) in [5.74, 6) is 13.7. The number of rotatable bonds is 2. The van der Waals surface area contributed by atoms with Gasteiger partial charge in [-0.25, -0.2) is 0 Å². The standard InChI is InChI=1S/2C22H22N2O/c2*1-24-20-10-6-5-9-18(20)21(22(24)25)19-14-13-17(15-23-19)12-11-16-7-3-2-4-8-16/h2*2-4,7-8,13-15,18,20-21H,5-6,9-10H2,1H3/t2*18-,20+,21-/m10/s1. The number of aromatic nitrogens is 2. The van der Waals surface area contributed by atoms with Gasteiger partial charge in [0.1, 0.15) is 0 Å². The Kier molecular flexibility index (Phi) is 10.1. The van der Waals surface area contributed by atoms with Crippen LogP contribution in [0.1, 0.15) is 96.8 Å². The van der Waals surface area contributed by atoms with Gasteiger partial charge in [-0.2, -0.15) is 0 Å². The zero-order valence-corrected chi connectivity index (χ0v) is 29.0. The summed E-state index contributed by atoms with van der Waals surface area (Å²) < 4.78 is 0. The third-order valence-corrected chi connectivity index (χ3v) is 11.1. The van der Waals surface area contributed by atoms with Gasteiger partial charge in [0, 0.05) is 60.8 Å². The molecule has 2 aliphatic carbocycles. The number of likely N-dealkylation sites (tertiary alicyclic amines) is 2. The van der Waals surface area contributed by atoms with Gasteiger partial charge in [-0.05, 0) is 86.1 Å². The predicted octanol–water partition coefficient (Wildman–Crippen LogP) is 7.19. The minimum Gasteiger partial charge on any atom is -0.342 e. The van der Waals surface area contributed by atoms with Crippen molar-refractivity contribution >= 4 is 11.8 Å². The molecule has 0 bridgehead atoms. The molecule has 2 saturated carbocycles. The van der Waals surface area contributed by atoms with E-state index in [4.69, 9.17) is 0 Å². The number of hydrogen-bond acceptors (Lipinski definition) is 4. The first-order chi connectivity index (χ1) is 24.5. The normalized spacial score (nSPS) is 25.2. The fourth-order valence-corrected chi connectivity index (χ4v) is 8.50. The SMILES string of the molecule is CN1C(=O)[C@@H](c2ccc(C#Cc3ccccc3)cn2)[C@@H]2CCCC[C@@H]21.CN1C(=O)[C@H](c2ccc(C#Cc3ccccc3)cn2)[C@H]2CCCC[C@H]21. The summed E-state index contributed by atoms with van der Waals surface area (Å²) in [6.45, 7) is 0. The van der Waals surface area contributed by atoms with Crippen LogP contribution in [-0.4, -0.2) is 57.8 Å². The van der Waals surface area contributed by atoms with E-state index in [1.807, 2.05) is 109 Å². The molecular formula is C44H44N4O2. The van der Waals surface area contributed by atoms with Gasteiger partial charge in [0.15, 0.2) is 0 Å². The minimum absolute atomic E-state index is 0.0774. The Balaban J connectivity index is 0.000000157. The molecule has 0 radical (unpaired) electrons. The Hall–Kier alpha value is -5.20. The summed E-state index contributed by atoms with van der Waals surface area (Å²) >= 11 is 0. The topological polar surface area (TPSA) is 66.4 Å². The molecule has 4 heterocycles. The molecule has 2 aliphatic heterocycles. The maximum atomic E-state index is 12.7. The number of amides is 2. The Bertz CT molecular complexity index is 1780. The van der Waals surface area contributed by atoms with Crippen molar-refractivity contribution in [1.29, 1.82) is 0 Å². The number of carbonyl (C=O) groups is 2. The third-order valence-electron chi connectivity index (χ3n) is 11.1. The molecule has 2 aromatic carbocycles. The minimum atomic E-state index is -0.0774. The average molecular weight is 661 g/mol. The molecule has 6 nitrogen and oxygen atoms in total. The second kappa shape index (κ2) is 15.1. The molecule has 252 valence electrons. The van der Waals surface area contributed by atoms with Crippen LogP contribution in [0.2, 0.25) is 0 Å². The average Bonchev–Trinajstić information content (AvgIpc) is 3.58. The van der Waals surface area contributed by atoms with Crippen molar-refractivity contribution < 1.29 is 9.59 Å². The number of carbonyl (C=O) groups excluding carboxylic acids is 2. The van der Waals surface area contributed by atoms with Crippen molar-refractivity contribution in [2.45, 2.75) is 75.3 Å². The monoisotopic (exact) mass is 660 g/mol. The van der Waals surface area contributed by atoms with E-state index < -0.39 is 0 Å². The Morgan fingerprint density at radius 3 is 1.26 bits per heavy atom. The third kappa shape index (κ3) is 7.08. The van der Waals surface area contributed by atoms with E-state index in [0.717, 1.165) is 59.3 Å². The molecule has 4 fully saturated rings. The van der Waals surface area contributed by atoms with Crippen LogP contribution in [0.5, 0.6) is 0 Å². The Morgan fingerprint density at radius 2 is 0.880 bits per heavy atom. The quantitative estimate of drug-likeness (QED) is 0.214. The first-order valence-corrected chi connectivity index (χ1v) is 18.1. The fourth-order valence-electron chi connectivity index (χ4n) is 8.50. The number of pyridine rings is 2. The van der Waals surface area contributed by atoms with E-state index in [1.54, 1.807) is 12.4 Å². The lowest BCUT2D eigenvalue weighted by Crippen LogP contribution is -2.33. The lowest BCUT2D eigenvalue weighted by Gasteiger charge is -2.29. The first-order valence-electron chi connectivity index (χ1n) is 18.1. The highest BCUT2D eigenvalue weighted by Crippen LogP contribution is 2.45. The highest BCUT2D eigenvalue weighted by atomic mass is 16.2. The predicted molar refractivity (Wildman–Crippen MR) is 196 cm³/mol. The highest BCUT2D eigenvalue weighted by molar-refractivity contribution is 5.87. The molecule has 2 amide bonds. The zero-order chi connectivity index (χ0) is 34.5. The van der Waals surface area contributed by atoms with Gasteiger partial charge in [0.2, 0.25) is 11.8 Å².